The van der Waals surface area contributed by atoms with Gasteiger partial charge in [-0.15, -0.1) is 4.99 Å². The van der Waals surface area contributed by atoms with Crippen LogP contribution in [0.3, 0.4) is 0 Å². The summed E-state index contributed by atoms with van der Waals surface area (Å²) < 4.78 is 22.2. The predicted octanol–water partition coefficient (Wildman–Crippen LogP) is 6.38. The molecule has 2 aromatic heterocycles. The Kier molecular flexibility index (Phi) is 9.40. The first-order valence-corrected chi connectivity index (χ1v) is 17.7. The lowest BCUT2D eigenvalue weighted by Crippen LogP contribution is -2.51. The molecule has 264 valence electrons. The van der Waals surface area contributed by atoms with Crippen molar-refractivity contribution in [3.63, 3.8) is 0 Å². The highest BCUT2D eigenvalue weighted by molar-refractivity contribution is 6.16. The van der Waals surface area contributed by atoms with Crippen LogP contribution in [0.2, 0.25) is 0 Å². The number of pyridine rings is 1. The number of hydrogen-bond acceptors (Lipinski definition) is 7. The van der Waals surface area contributed by atoms with E-state index in [0.717, 1.165) is 72.9 Å². The minimum absolute atomic E-state index is 0.185. The largest absolute Gasteiger partial charge is 0.471 e. The second-order valence-corrected chi connectivity index (χ2v) is 14.2. The Morgan fingerprint density at radius 1 is 1.10 bits per heavy atom. The van der Waals surface area contributed by atoms with Crippen LogP contribution in [-0.4, -0.2) is 93.5 Å². The summed E-state index contributed by atoms with van der Waals surface area (Å²) in [6.07, 6.45) is 12.2. The summed E-state index contributed by atoms with van der Waals surface area (Å²) in [6.45, 7) is 5.01. The number of likely N-dealkylation sites (tertiary alicyclic amines) is 1. The number of carbonyl (C=O) groups is 1. The van der Waals surface area contributed by atoms with Gasteiger partial charge in [-0.05, 0) is 98.3 Å². The number of aromatic nitrogens is 3. The van der Waals surface area contributed by atoms with Crippen LogP contribution >= 0.6 is 0 Å². The van der Waals surface area contributed by atoms with E-state index in [1.165, 1.54) is 12.1 Å². The SMILES string of the molecule is CCCCc1cc2ccccc2c(OCC[N+](C)(C)C2=C[N+]3(C(N)=O)N=C(c4c(-c5ccc(F)cc5)ncn4C4CCN(C)CC4)C=CC3=N2)n1. The number of nitrogens with two attached hydrogens (primary N) is 1. The van der Waals surface area contributed by atoms with Crippen molar-refractivity contribution in [1.29, 1.82) is 0 Å². The monoisotopic (exact) mass is 691 g/mol. The number of amidine groups is 1. The van der Waals surface area contributed by atoms with E-state index in [0.29, 0.717) is 46.6 Å². The van der Waals surface area contributed by atoms with Crippen LogP contribution in [0.1, 0.15) is 50.0 Å². The lowest BCUT2D eigenvalue weighted by atomic mass is 10.0. The van der Waals surface area contributed by atoms with Crippen molar-refractivity contribution in [2.75, 3.05) is 47.4 Å². The van der Waals surface area contributed by atoms with Crippen molar-refractivity contribution in [3.05, 3.63) is 102 Å². The first kappa shape index (κ1) is 34.4. The van der Waals surface area contributed by atoms with E-state index >= 15 is 0 Å². The van der Waals surface area contributed by atoms with Gasteiger partial charge in [0.15, 0.2) is 0 Å². The van der Waals surface area contributed by atoms with Gasteiger partial charge in [0.2, 0.25) is 12.1 Å². The van der Waals surface area contributed by atoms with Gasteiger partial charge in [0.05, 0.1) is 26.1 Å². The Bertz CT molecular complexity index is 2070. The lowest BCUT2D eigenvalue weighted by molar-refractivity contribution is -0.856. The van der Waals surface area contributed by atoms with Gasteiger partial charge >= 0.3 is 6.03 Å². The number of amides is 2. The highest BCUT2D eigenvalue weighted by Crippen LogP contribution is 2.35. The summed E-state index contributed by atoms with van der Waals surface area (Å²) in [5.41, 5.74) is 9.92. The number of benzene rings is 2. The molecule has 1 atom stereocenters. The van der Waals surface area contributed by atoms with Crippen LogP contribution in [0, 0.1) is 5.82 Å². The van der Waals surface area contributed by atoms with E-state index in [1.54, 1.807) is 18.3 Å². The van der Waals surface area contributed by atoms with Gasteiger partial charge in [0.1, 0.15) is 30.4 Å². The van der Waals surface area contributed by atoms with E-state index < -0.39 is 10.6 Å². The topological polar surface area (TPSA) is 111 Å². The number of quaternary nitrogens is 2. The molecule has 7 rings (SSSR count). The number of aryl methyl sites for hydroxylation is 1. The third-order valence-electron chi connectivity index (χ3n) is 10.2. The van der Waals surface area contributed by atoms with Crippen molar-refractivity contribution in [1.82, 2.24) is 19.4 Å². The van der Waals surface area contributed by atoms with Crippen molar-refractivity contribution < 1.29 is 23.0 Å². The third-order valence-corrected chi connectivity index (χ3v) is 10.2. The lowest BCUT2D eigenvalue weighted by Gasteiger charge is -2.31. The molecule has 1 fully saturated rings. The average molecular weight is 692 g/mol. The van der Waals surface area contributed by atoms with E-state index in [-0.39, 0.29) is 11.9 Å². The molecule has 11 nitrogen and oxygen atoms in total. The molecule has 0 saturated carbocycles. The molecule has 5 heterocycles. The quantitative estimate of drug-likeness (QED) is 0.184. The van der Waals surface area contributed by atoms with Gasteiger partial charge < -0.3 is 19.9 Å². The van der Waals surface area contributed by atoms with E-state index in [1.807, 2.05) is 50.8 Å². The molecule has 0 radical (unpaired) electrons. The van der Waals surface area contributed by atoms with Crippen LogP contribution in [0.4, 0.5) is 9.18 Å². The number of halogens is 1. The van der Waals surface area contributed by atoms with Crippen molar-refractivity contribution >= 4 is 28.4 Å². The summed E-state index contributed by atoms with van der Waals surface area (Å²) in [5.74, 6) is 1.35. The Morgan fingerprint density at radius 3 is 2.61 bits per heavy atom. The van der Waals surface area contributed by atoms with E-state index in [9.17, 15) is 9.18 Å². The van der Waals surface area contributed by atoms with Gasteiger partial charge in [-0.2, -0.15) is 0 Å². The number of unbranched alkanes of at least 4 members (excludes halogenated alkanes) is 1. The number of fused-ring (bicyclic) bond motifs is 2. The maximum atomic E-state index is 13.9. The average Bonchev–Trinajstić information content (AvgIpc) is 3.75. The molecule has 0 aliphatic carbocycles. The standard InChI is InChI=1S/C39H45FN9O2/c1-5-6-10-30-24-28-9-7-8-11-32(28)38(43-30)51-23-22-48(3,4)35-25-49(39(41)50)34(44-35)17-16-33(45-49)37-36(27-12-14-29(40)15-13-27)42-26-47(37)31-18-20-46(2)21-19-31/h7-9,11-17,24-26,31H,5-6,10,18-23H2,1-4H3,(H-,41,50)/q+1/p+1. The predicted molar refractivity (Wildman–Crippen MR) is 197 cm³/mol. The van der Waals surface area contributed by atoms with Gasteiger partial charge in [-0.1, -0.05) is 36.6 Å². The summed E-state index contributed by atoms with van der Waals surface area (Å²) >= 11 is 0. The minimum Gasteiger partial charge on any atom is -0.471 e. The second-order valence-electron chi connectivity index (χ2n) is 14.2. The van der Waals surface area contributed by atoms with Crippen LogP contribution in [0.5, 0.6) is 5.88 Å². The number of allylic oxidation sites excluding steroid dienone is 1. The number of likely N-dealkylation sites (N-methyl/N-ethyl adjacent to an activating group) is 1. The number of urea groups is 1. The van der Waals surface area contributed by atoms with Crippen molar-refractivity contribution in [2.24, 2.45) is 15.8 Å². The maximum absolute atomic E-state index is 13.9. The molecule has 4 aromatic rings. The van der Waals surface area contributed by atoms with Gasteiger partial charge in [0, 0.05) is 28.8 Å². The molecule has 2 N–H and O–H groups in total. The number of hydrogen-bond donors (Lipinski definition) is 1. The molecule has 2 aromatic carbocycles. The molecule has 51 heavy (non-hydrogen) atoms. The molecule has 1 saturated heterocycles. The smallest absolute Gasteiger partial charge is 0.452 e. The second kappa shape index (κ2) is 13.9. The Morgan fingerprint density at radius 2 is 1.86 bits per heavy atom. The molecule has 3 aliphatic heterocycles. The van der Waals surface area contributed by atoms with Gasteiger partial charge in [-0.3, -0.25) is 4.48 Å². The van der Waals surface area contributed by atoms with Crippen LogP contribution < -0.4 is 10.5 Å². The van der Waals surface area contributed by atoms with Crippen LogP contribution in [0.15, 0.2) is 95.2 Å². The number of nitrogens with zero attached hydrogens (tertiary/aromatic N) is 8. The molecular formula is C39H46FN9O2+2. The Balaban J connectivity index is 1.19. The minimum atomic E-state index is -0.671. The van der Waals surface area contributed by atoms with Crippen molar-refractivity contribution in [2.45, 2.75) is 45.1 Å². The van der Waals surface area contributed by atoms with Gasteiger partial charge in [0.25, 0.3) is 11.7 Å². The molecule has 2 amide bonds. The molecular weight excluding hydrogens is 645 g/mol. The Labute approximate surface area is 298 Å². The molecule has 1 unspecified atom stereocenters. The number of carbonyl (C=O) groups excluding carboxylic acids is 1. The number of piperidine rings is 1. The zero-order valence-corrected chi connectivity index (χ0v) is 29.8. The number of ether oxygens (including phenoxy) is 1. The number of rotatable bonds is 11. The van der Waals surface area contributed by atoms with E-state index in [4.69, 9.17) is 30.5 Å². The molecule has 0 bridgehead atoms. The van der Waals surface area contributed by atoms with Gasteiger partial charge in [-0.25, -0.2) is 19.2 Å². The summed E-state index contributed by atoms with van der Waals surface area (Å²) in [4.78, 5) is 30.3. The fourth-order valence-corrected chi connectivity index (χ4v) is 6.97. The first-order valence-electron chi connectivity index (χ1n) is 17.7. The summed E-state index contributed by atoms with van der Waals surface area (Å²) in [6, 6.07) is 16.1. The Hall–Kier alpha value is -5.04. The number of primary amides is 1. The van der Waals surface area contributed by atoms with E-state index in [2.05, 4.69) is 35.6 Å². The third kappa shape index (κ3) is 6.74. The highest BCUT2D eigenvalue weighted by atomic mass is 19.1. The van der Waals surface area contributed by atoms with Crippen LogP contribution in [-0.2, 0) is 6.42 Å². The molecule has 0 spiro atoms. The van der Waals surface area contributed by atoms with Crippen LogP contribution in [0.25, 0.3) is 22.0 Å². The molecule has 3 aliphatic rings. The zero-order valence-electron chi connectivity index (χ0n) is 29.8. The fraction of sp³-hybridized carbons (Fsp3) is 0.359. The summed E-state index contributed by atoms with van der Waals surface area (Å²) in [7, 11) is 6.17. The highest BCUT2D eigenvalue weighted by Gasteiger charge is 2.51. The normalized spacial score (nSPS) is 19.5. The number of aliphatic imine (C=N–C) groups is 1. The number of imidazole rings is 1. The summed E-state index contributed by atoms with van der Waals surface area (Å²) in [5, 5.41) is 7.13. The molecule has 12 heteroatoms. The van der Waals surface area contributed by atoms with Crippen molar-refractivity contribution in [3.8, 4) is 17.1 Å². The zero-order chi connectivity index (χ0) is 35.8. The maximum Gasteiger partial charge on any atom is 0.452 e. The fourth-order valence-electron chi connectivity index (χ4n) is 6.97. The first-order chi connectivity index (χ1) is 24.6.